The fraction of sp³-hybridized carbons (Fsp3) is 0.933. The summed E-state index contributed by atoms with van der Waals surface area (Å²) in [5, 5.41) is 22.6. The normalized spacial score (nSPS) is 19.4. The molecule has 3 nitrogen and oxygen atoms in total. The second-order valence-electron chi connectivity index (χ2n) is 6.41. The number of hydrogen-bond acceptors (Lipinski definition) is 3. The Morgan fingerprint density at radius 1 is 1.22 bits per heavy atom. The van der Waals surface area contributed by atoms with E-state index in [4.69, 9.17) is 5.26 Å². The molecule has 104 valence electrons. The molecule has 18 heavy (non-hydrogen) atoms. The van der Waals surface area contributed by atoms with Crippen molar-refractivity contribution in [2.45, 2.75) is 70.8 Å². The molecule has 0 spiro atoms. The summed E-state index contributed by atoms with van der Waals surface area (Å²) in [5.74, 6) is 0. The van der Waals surface area contributed by atoms with E-state index < -0.39 is 5.60 Å². The van der Waals surface area contributed by atoms with E-state index in [2.05, 4.69) is 11.4 Å². The van der Waals surface area contributed by atoms with E-state index in [0.717, 1.165) is 58.0 Å². The second kappa shape index (κ2) is 7.11. The lowest BCUT2D eigenvalue weighted by molar-refractivity contribution is 0.00501. The van der Waals surface area contributed by atoms with Crippen LogP contribution in [0, 0.1) is 16.7 Å². The third-order valence-corrected chi connectivity index (χ3v) is 3.95. The molecule has 1 saturated carbocycles. The number of nitrogens with zero attached hydrogens (tertiary/aromatic N) is 1. The fourth-order valence-corrected chi connectivity index (χ4v) is 2.58. The molecule has 0 bridgehead atoms. The first kappa shape index (κ1) is 15.5. The van der Waals surface area contributed by atoms with Gasteiger partial charge in [-0.1, -0.05) is 25.7 Å². The Kier molecular flexibility index (Phi) is 6.11. The lowest BCUT2D eigenvalue weighted by atomic mass is 9.85. The Morgan fingerprint density at radius 3 is 2.50 bits per heavy atom. The fourth-order valence-electron chi connectivity index (χ4n) is 2.58. The van der Waals surface area contributed by atoms with E-state index in [0.29, 0.717) is 0 Å². The molecule has 3 heteroatoms. The standard InChI is InChI=1S/C15H28N2O/c1-14(2,12-16)8-6-7-11-17-13-15(18)9-4-3-5-10-15/h17-18H,3-11,13H2,1-2H3. The van der Waals surface area contributed by atoms with Crippen LogP contribution in [0.3, 0.4) is 0 Å². The smallest absolute Gasteiger partial charge is 0.0771 e. The summed E-state index contributed by atoms with van der Waals surface area (Å²) in [6, 6.07) is 2.33. The first-order valence-corrected chi connectivity index (χ1v) is 7.32. The Labute approximate surface area is 112 Å². The van der Waals surface area contributed by atoms with Gasteiger partial charge in [-0.2, -0.15) is 5.26 Å². The average molecular weight is 252 g/mol. The first-order chi connectivity index (χ1) is 8.47. The second-order valence-corrected chi connectivity index (χ2v) is 6.41. The van der Waals surface area contributed by atoms with Gasteiger partial charge in [0.05, 0.1) is 17.1 Å². The first-order valence-electron chi connectivity index (χ1n) is 7.32. The van der Waals surface area contributed by atoms with Crippen molar-refractivity contribution < 1.29 is 5.11 Å². The van der Waals surface area contributed by atoms with Crippen LogP contribution in [0.4, 0.5) is 0 Å². The molecule has 0 aromatic carbocycles. The molecule has 0 atom stereocenters. The van der Waals surface area contributed by atoms with Gasteiger partial charge in [-0.15, -0.1) is 0 Å². The van der Waals surface area contributed by atoms with Crippen LogP contribution in [-0.4, -0.2) is 23.8 Å². The molecule has 1 rings (SSSR count). The summed E-state index contributed by atoms with van der Waals surface area (Å²) in [5.41, 5.74) is -0.647. The van der Waals surface area contributed by atoms with Crippen molar-refractivity contribution in [3.8, 4) is 6.07 Å². The van der Waals surface area contributed by atoms with E-state index in [1.54, 1.807) is 0 Å². The van der Waals surface area contributed by atoms with Crippen molar-refractivity contribution in [2.75, 3.05) is 13.1 Å². The molecule has 0 heterocycles. The van der Waals surface area contributed by atoms with Crippen molar-refractivity contribution in [2.24, 2.45) is 5.41 Å². The quantitative estimate of drug-likeness (QED) is 0.685. The summed E-state index contributed by atoms with van der Waals surface area (Å²) < 4.78 is 0. The van der Waals surface area contributed by atoms with E-state index in [1.165, 1.54) is 6.42 Å². The summed E-state index contributed by atoms with van der Waals surface area (Å²) >= 11 is 0. The molecule has 0 saturated heterocycles. The Morgan fingerprint density at radius 2 is 1.89 bits per heavy atom. The van der Waals surface area contributed by atoms with E-state index in [9.17, 15) is 5.11 Å². The molecular weight excluding hydrogens is 224 g/mol. The molecule has 0 amide bonds. The van der Waals surface area contributed by atoms with Gasteiger partial charge in [0.15, 0.2) is 0 Å². The third kappa shape index (κ3) is 5.84. The van der Waals surface area contributed by atoms with Gasteiger partial charge in [0.2, 0.25) is 0 Å². The zero-order valence-electron chi connectivity index (χ0n) is 12.0. The molecule has 1 aliphatic rings. The summed E-state index contributed by atoms with van der Waals surface area (Å²) in [7, 11) is 0. The zero-order valence-corrected chi connectivity index (χ0v) is 12.0. The van der Waals surface area contributed by atoms with Crippen LogP contribution in [0.5, 0.6) is 0 Å². The average Bonchev–Trinajstić information content (AvgIpc) is 2.34. The molecule has 0 aromatic heterocycles. The highest BCUT2D eigenvalue weighted by Gasteiger charge is 2.28. The number of aliphatic hydroxyl groups is 1. The highest BCUT2D eigenvalue weighted by Crippen LogP contribution is 2.27. The summed E-state index contributed by atoms with van der Waals surface area (Å²) in [6.07, 6.45) is 8.60. The van der Waals surface area contributed by atoms with Gasteiger partial charge in [0.25, 0.3) is 0 Å². The van der Waals surface area contributed by atoms with Crippen LogP contribution in [-0.2, 0) is 0 Å². The number of nitriles is 1. The van der Waals surface area contributed by atoms with Crippen LogP contribution in [0.1, 0.15) is 65.2 Å². The van der Waals surface area contributed by atoms with Crippen LogP contribution >= 0.6 is 0 Å². The summed E-state index contributed by atoms with van der Waals surface area (Å²) in [6.45, 7) is 5.66. The van der Waals surface area contributed by atoms with Crippen molar-refractivity contribution in [1.29, 1.82) is 5.26 Å². The van der Waals surface area contributed by atoms with E-state index >= 15 is 0 Å². The van der Waals surface area contributed by atoms with Crippen molar-refractivity contribution in [3.05, 3.63) is 0 Å². The lowest BCUT2D eigenvalue weighted by Crippen LogP contribution is -2.42. The van der Waals surface area contributed by atoms with Gasteiger partial charge in [-0.05, 0) is 46.1 Å². The number of rotatable bonds is 7. The predicted molar refractivity (Wildman–Crippen MR) is 74.1 cm³/mol. The van der Waals surface area contributed by atoms with Crippen LogP contribution in [0.25, 0.3) is 0 Å². The highest BCUT2D eigenvalue weighted by molar-refractivity contribution is 4.91. The molecule has 0 aromatic rings. The van der Waals surface area contributed by atoms with Gasteiger partial charge >= 0.3 is 0 Å². The number of hydrogen-bond donors (Lipinski definition) is 2. The van der Waals surface area contributed by atoms with Crippen LogP contribution in [0.15, 0.2) is 0 Å². The Balaban J connectivity index is 2.03. The largest absolute Gasteiger partial charge is 0.389 e. The Hall–Kier alpha value is -0.590. The molecule has 1 fully saturated rings. The number of nitrogens with one attached hydrogen (secondary N) is 1. The minimum Gasteiger partial charge on any atom is -0.389 e. The van der Waals surface area contributed by atoms with Crippen molar-refractivity contribution in [3.63, 3.8) is 0 Å². The van der Waals surface area contributed by atoms with Crippen LogP contribution in [0.2, 0.25) is 0 Å². The monoisotopic (exact) mass is 252 g/mol. The SMILES string of the molecule is CC(C)(C#N)CCCCNCC1(O)CCCCC1. The van der Waals surface area contributed by atoms with Gasteiger partial charge in [-0.3, -0.25) is 0 Å². The van der Waals surface area contributed by atoms with Crippen molar-refractivity contribution in [1.82, 2.24) is 5.32 Å². The minimum atomic E-state index is -0.454. The van der Waals surface area contributed by atoms with E-state index in [1.807, 2.05) is 13.8 Å². The third-order valence-electron chi connectivity index (χ3n) is 3.95. The molecule has 0 unspecified atom stereocenters. The highest BCUT2D eigenvalue weighted by atomic mass is 16.3. The molecule has 0 aliphatic heterocycles. The van der Waals surface area contributed by atoms with E-state index in [-0.39, 0.29) is 5.41 Å². The summed E-state index contributed by atoms with van der Waals surface area (Å²) in [4.78, 5) is 0. The predicted octanol–water partition coefficient (Wildman–Crippen LogP) is 2.99. The Bertz CT molecular complexity index is 275. The van der Waals surface area contributed by atoms with Gasteiger partial charge < -0.3 is 10.4 Å². The van der Waals surface area contributed by atoms with Crippen molar-refractivity contribution >= 4 is 0 Å². The minimum absolute atomic E-state index is 0.193. The molecular formula is C15H28N2O. The maximum Gasteiger partial charge on any atom is 0.0771 e. The van der Waals surface area contributed by atoms with Crippen LogP contribution < -0.4 is 5.32 Å². The van der Waals surface area contributed by atoms with Gasteiger partial charge in [-0.25, -0.2) is 0 Å². The lowest BCUT2D eigenvalue weighted by Gasteiger charge is -2.32. The zero-order chi connectivity index (χ0) is 13.5. The molecule has 0 radical (unpaired) electrons. The maximum atomic E-state index is 10.3. The van der Waals surface area contributed by atoms with Gasteiger partial charge in [0.1, 0.15) is 0 Å². The maximum absolute atomic E-state index is 10.3. The molecule has 2 N–H and O–H groups in total. The molecule has 1 aliphatic carbocycles. The van der Waals surface area contributed by atoms with Gasteiger partial charge in [0, 0.05) is 6.54 Å². The number of unbranched alkanes of at least 4 members (excludes halogenated alkanes) is 1. The topological polar surface area (TPSA) is 56.0 Å².